The van der Waals surface area contributed by atoms with Crippen molar-refractivity contribution in [3.05, 3.63) is 34.9 Å². The van der Waals surface area contributed by atoms with Crippen molar-refractivity contribution in [1.82, 2.24) is 5.32 Å². The minimum Gasteiger partial charge on any atom is -0.317 e. The third-order valence-corrected chi connectivity index (χ3v) is 3.95. The Bertz CT molecular complexity index is 338. The molecule has 0 saturated heterocycles. The molecule has 0 aliphatic heterocycles. The summed E-state index contributed by atoms with van der Waals surface area (Å²) in [6, 6.07) is 8.22. The summed E-state index contributed by atoms with van der Waals surface area (Å²) < 4.78 is 0. The normalized spacial score (nSPS) is 14.4. The van der Waals surface area contributed by atoms with Crippen LogP contribution in [-0.2, 0) is 6.42 Å². The van der Waals surface area contributed by atoms with E-state index in [1.807, 2.05) is 12.1 Å². The van der Waals surface area contributed by atoms with E-state index in [-0.39, 0.29) is 0 Å². The highest BCUT2D eigenvalue weighted by atomic mass is 35.5. The van der Waals surface area contributed by atoms with Gasteiger partial charge in [-0.25, -0.2) is 0 Å². The maximum absolute atomic E-state index is 6.25. The quantitative estimate of drug-likeness (QED) is 0.729. The second kappa shape index (κ2) is 8.55. The lowest BCUT2D eigenvalue weighted by Gasteiger charge is -2.21. The van der Waals surface area contributed by atoms with Gasteiger partial charge in [0.1, 0.15) is 0 Å². The fourth-order valence-corrected chi connectivity index (χ4v) is 2.51. The average molecular weight is 268 g/mol. The van der Waals surface area contributed by atoms with Gasteiger partial charge in [0.2, 0.25) is 0 Å². The Morgan fingerprint density at radius 1 is 1.22 bits per heavy atom. The van der Waals surface area contributed by atoms with Crippen molar-refractivity contribution in [3.63, 3.8) is 0 Å². The van der Waals surface area contributed by atoms with Gasteiger partial charge >= 0.3 is 0 Å². The topological polar surface area (TPSA) is 12.0 Å². The summed E-state index contributed by atoms with van der Waals surface area (Å²) in [6.45, 7) is 8.90. The SMILES string of the molecule is CCNCC(Cc1ccccc1Cl)CC(C)CC. The van der Waals surface area contributed by atoms with E-state index in [0.717, 1.165) is 30.5 Å². The number of hydrogen-bond acceptors (Lipinski definition) is 1. The van der Waals surface area contributed by atoms with Crippen LogP contribution < -0.4 is 5.32 Å². The van der Waals surface area contributed by atoms with Crippen LogP contribution in [0.4, 0.5) is 0 Å². The first-order chi connectivity index (χ1) is 8.67. The Kier molecular flexibility index (Phi) is 7.38. The maximum atomic E-state index is 6.25. The molecule has 18 heavy (non-hydrogen) atoms. The zero-order chi connectivity index (χ0) is 13.4. The van der Waals surface area contributed by atoms with Gasteiger partial charge in [-0.1, -0.05) is 57.0 Å². The van der Waals surface area contributed by atoms with E-state index in [9.17, 15) is 0 Å². The smallest absolute Gasteiger partial charge is 0.0438 e. The molecule has 2 unspecified atom stereocenters. The first-order valence-corrected chi connectivity index (χ1v) is 7.49. The zero-order valence-corrected chi connectivity index (χ0v) is 12.6. The molecule has 2 heteroatoms. The predicted molar refractivity (Wildman–Crippen MR) is 81.3 cm³/mol. The molecule has 0 amide bonds. The second-order valence-corrected chi connectivity index (χ2v) is 5.63. The first kappa shape index (κ1) is 15.5. The Balaban J connectivity index is 2.62. The summed E-state index contributed by atoms with van der Waals surface area (Å²) in [7, 11) is 0. The Labute approximate surface area is 117 Å². The number of rotatable bonds is 8. The lowest BCUT2D eigenvalue weighted by Crippen LogP contribution is -2.25. The molecule has 0 saturated carbocycles. The lowest BCUT2D eigenvalue weighted by atomic mass is 9.89. The van der Waals surface area contributed by atoms with Crippen LogP contribution in [0.3, 0.4) is 0 Å². The zero-order valence-electron chi connectivity index (χ0n) is 11.9. The Morgan fingerprint density at radius 3 is 2.56 bits per heavy atom. The molecule has 0 heterocycles. The Hall–Kier alpha value is -0.530. The van der Waals surface area contributed by atoms with E-state index in [0.29, 0.717) is 5.92 Å². The van der Waals surface area contributed by atoms with Crippen molar-refractivity contribution in [2.45, 2.75) is 40.0 Å². The minimum absolute atomic E-state index is 0.680. The number of benzene rings is 1. The molecule has 0 aromatic heterocycles. The molecule has 1 nitrogen and oxygen atoms in total. The standard InChI is InChI=1S/C16H26ClN/c1-4-13(3)10-14(12-18-5-2)11-15-8-6-7-9-16(15)17/h6-9,13-14,18H,4-5,10-12H2,1-3H3. The van der Waals surface area contributed by atoms with Crippen LogP contribution in [0.15, 0.2) is 24.3 Å². The van der Waals surface area contributed by atoms with Gasteiger partial charge in [-0.3, -0.25) is 0 Å². The summed E-state index contributed by atoms with van der Waals surface area (Å²) in [5, 5.41) is 4.38. The molecule has 0 aliphatic carbocycles. The van der Waals surface area contributed by atoms with E-state index < -0.39 is 0 Å². The van der Waals surface area contributed by atoms with Gasteiger partial charge in [-0.2, -0.15) is 0 Å². The molecule has 102 valence electrons. The highest BCUT2D eigenvalue weighted by molar-refractivity contribution is 6.31. The molecule has 0 bridgehead atoms. The largest absolute Gasteiger partial charge is 0.317 e. The molecule has 0 fully saturated rings. The fraction of sp³-hybridized carbons (Fsp3) is 0.625. The lowest BCUT2D eigenvalue weighted by molar-refractivity contribution is 0.366. The molecule has 0 aliphatic rings. The highest BCUT2D eigenvalue weighted by Crippen LogP contribution is 2.23. The molecule has 1 rings (SSSR count). The fourth-order valence-electron chi connectivity index (χ4n) is 2.30. The van der Waals surface area contributed by atoms with Gasteiger partial charge in [-0.05, 0) is 49.4 Å². The third kappa shape index (κ3) is 5.41. The van der Waals surface area contributed by atoms with E-state index in [2.05, 4.69) is 38.2 Å². The summed E-state index contributed by atoms with van der Waals surface area (Å²) in [6.07, 6.45) is 3.61. The van der Waals surface area contributed by atoms with Crippen LogP contribution in [0.25, 0.3) is 0 Å². The van der Waals surface area contributed by atoms with Gasteiger partial charge in [0, 0.05) is 5.02 Å². The highest BCUT2D eigenvalue weighted by Gasteiger charge is 2.14. The van der Waals surface area contributed by atoms with Gasteiger partial charge in [0.25, 0.3) is 0 Å². The van der Waals surface area contributed by atoms with Crippen molar-refractivity contribution in [2.24, 2.45) is 11.8 Å². The van der Waals surface area contributed by atoms with Crippen LogP contribution >= 0.6 is 11.6 Å². The van der Waals surface area contributed by atoms with E-state index in [1.165, 1.54) is 18.4 Å². The number of halogens is 1. The summed E-state index contributed by atoms with van der Waals surface area (Å²) in [5.74, 6) is 1.47. The molecule has 0 spiro atoms. The van der Waals surface area contributed by atoms with Gasteiger partial charge in [0.15, 0.2) is 0 Å². The van der Waals surface area contributed by atoms with Crippen molar-refractivity contribution >= 4 is 11.6 Å². The van der Waals surface area contributed by atoms with Gasteiger partial charge in [-0.15, -0.1) is 0 Å². The molecular weight excluding hydrogens is 242 g/mol. The summed E-state index contributed by atoms with van der Waals surface area (Å²) in [5.41, 5.74) is 1.28. The molecule has 2 atom stereocenters. The number of nitrogens with one attached hydrogen (secondary N) is 1. The van der Waals surface area contributed by atoms with Crippen LogP contribution in [0, 0.1) is 11.8 Å². The summed E-state index contributed by atoms with van der Waals surface area (Å²) >= 11 is 6.25. The number of hydrogen-bond donors (Lipinski definition) is 1. The average Bonchev–Trinajstić information content (AvgIpc) is 2.38. The summed E-state index contributed by atoms with van der Waals surface area (Å²) in [4.78, 5) is 0. The second-order valence-electron chi connectivity index (χ2n) is 5.22. The predicted octanol–water partition coefficient (Wildman–Crippen LogP) is 4.54. The van der Waals surface area contributed by atoms with Gasteiger partial charge < -0.3 is 5.32 Å². The van der Waals surface area contributed by atoms with Crippen LogP contribution in [0.5, 0.6) is 0 Å². The van der Waals surface area contributed by atoms with E-state index in [1.54, 1.807) is 0 Å². The molecule has 0 radical (unpaired) electrons. The van der Waals surface area contributed by atoms with Crippen LogP contribution in [-0.4, -0.2) is 13.1 Å². The van der Waals surface area contributed by atoms with Crippen molar-refractivity contribution in [1.29, 1.82) is 0 Å². The van der Waals surface area contributed by atoms with Crippen LogP contribution in [0.2, 0.25) is 5.02 Å². The minimum atomic E-state index is 0.680. The van der Waals surface area contributed by atoms with Crippen molar-refractivity contribution in [2.75, 3.05) is 13.1 Å². The van der Waals surface area contributed by atoms with Gasteiger partial charge in [0.05, 0.1) is 0 Å². The van der Waals surface area contributed by atoms with Crippen molar-refractivity contribution < 1.29 is 0 Å². The third-order valence-electron chi connectivity index (χ3n) is 3.58. The first-order valence-electron chi connectivity index (χ1n) is 7.11. The maximum Gasteiger partial charge on any atom is 0.0438 e. The monoisotopic (exact) mass is 267 g/mol. The van der Waals surface area contributed by atoms with E-state index >= 15 is 0 Å². The molecule has 1 N–H and O–H groups in total. The molecular formula is C16H26ClN. The van der Waals surface area contributed by atoms with Crippen LogP contribution in [0.1, 0.15) is 39.2 Å². The van der Waals surface area contributed by atoms with Crippen molar-refractivity contribution in [3.8, 4) is 0 Å². The Morgan fingerprint density at radius 2 is 1.94 bits per heavy atom. The molecule has 1 aromatic rings. The van der Waals surface area contributed by atoms with E-state index in [4.69, 9.17) is 11.6 Å². The molecule has 1 aromatic carbocycles.